The van der Waals surface area contributed by atoms with E-state index in [-0.39, 0.29) is 6.61 Å². The number of methoxy groups -OCH3 is 1. The fourth-order valence-electron chi connectivity index (χ4n) is 4.00. The minimum Gasteiger partial charge on any atom is -0.396 e. The van der Waals surface area contributed by atoms with Gasteiger partial charge in [-0.1, -0.05) is 30.3 Å². The molecule has 1 fully saturated rings. The second kappa shape index (κ2) is 9.42. The molecule has 146 valence electrons. The summed E-state index contributed by atoms with van der Waals surface area (Å²) in [5.41, 5.74) is 2.86. The number of aromatic nitrogens is 1. The van der Waals surface area contributed by atoms with Crippen molar-refractivity contribution in [2.75, 3.05) is 33.4 Å². The summed E-state index contributed by atoms with van der Waals surface area (Å²) in [4.78, 5) is 6.73. The Labute approximate surface area is 161 Å². The third-order valence-corrected chi connectivity index (χ3v) is 5.62. The van der Waals surface area contributed by atoms with Gasteiger partial charge < -0.3 is 14.9 Å². The molecule has 0 aliphatic carbocycles. The minimum absolute atomic E-state index is 0.00694. The maximum Gasteiger partial charge on any atom is 0.0701 e. The number of piperidine rings is 1. The van der Waals surface area contributed by atoms with E-state index in [4.69, 9.17) is 4.74 Å². The van der Waals surface area contributed by atoms with E-state index >= 15 is 0 Å². The van der Waals surface area contributed by atoms with Crippen LogP contribution in [0.2, 0.25) is 0 Å². The normalized spacial score (nSPS) is 23.4. The molecule has 0 radical (unpaired) electrons. The molecule has 1 aliphatic rings. The van der Waals surface area contributed by atoms with Crippen molar-refractivity contribution in [1.82, 2.24) is 9.88 Å². The maximum atomic E-state index is 10.5. The average molecular weight is 370 g/mol. The number of ether oxygens (including phenoxy) is 1. The van der Waals surface area contributed by atoms with Crippen LogP contribution in [0.25, 0.3) is 11.3 Å². The summed E-state index contributed by atoms with van der Waals surface area (Å²) >= 11 is 0. The molecule has 27 heavy (non-hydrogen) atoms. The summed E-state index contributed by atoms with van der Waals surface area (Å²) in [6, 6.07) is 14.4. The molecule has 1 aromatic heterocycles. The SMILES string of the molecule is COCCC[C@@]1(CO)CN(Cc2ccc(-c3ccccn3)cc2)CC[C@H]1O. The maximum absolute atomic E-state index is 10.5. The van der Waals surface area contributed by atoms with Gasteiger partial charge in [0, 0.05) is 50.5 Å². The van der Waals surface area contributed by atoms with Crippen molar-refractivity contribution in [2.24, 2.45) is 5.41 Å². The Balaban J connectivity index is 1.64. The lowest BCUT2D eigenvalue weighted by molar-refractivity contribution is -0.0843. The smallest absolute Gasteiger partial charge is 0.0701 e. The first-order valence-electron chi connectivity index (χ1n) is 9.67. The largest absolute Gasteiger partial charge is 0.396 e. The fraction of sp³-hybridized carbons (Fsp3) is 0.500. The molecule has 1 saturated heterocycles. The van der Waals surface area contributed by atoms with Gasteiger partial charge in [0.1, 0.15) is 0 Å². The van der Waals surface area contributed by atoms with Crippen LogP contribution in [0, 0.1) is 5.41 Å². The molecule has 2 N–H and O–H groups in total. The van der Waals surface area contributed by atoms with Gasteiger partial charge in [-0.15, -0.1) is 0 Å². The number of benzene rings is 1. The monoisotopic (exact) mass is 370 g/mol. The Hall–Kier alpha value is -1.79. The summed E-state index contributed by atoms with van der Waals surface area (Å²) in [6.45, 7) is 3.03. The number of hydrogen-bond donors (Lipinski definition) is 2. The zero-order valence-electron chi connectivity index (χ0n) is 16.1. The van der Waals surface area contributed by atoms with Gasteiger partial charge in [0.2, 0.25) is 0 Å². The van der Waals surface area contributed by atoms with E-state index in [1.807, 2.05) is 18.2 Å². The summed E-state index contributed by atoms with van der Waals surface area (Å²) < 4.78 is 5.15. The van der Waals surface area contributed by atoms with Gasteiger partial charge in [0.25, 0.3) is 0 Å². The molecule has 0 unspecified atom stereocenters. The molecular formula is C22H30N2O3. The van der Waals surface area contributed by atoms with E-state index in [2.05, 4.69) is 34.1 Å². The summed E-state index contributed by atoms with van der Waals surface area (Å²) in [5, 5.41) is 20.6. The lowest BCUT2D eigenvalue weighted by atomic mass is 9.74. The van der Waals surface area contributed by atoms with E-state index in [0.29, 0.717) is 19.6 Å². The molecule has 3 rings (SSSR count). The number of aliphatic hydroxyl groups is 2. The second-order valence-electron chi connectivity index (χ2n) is 7.54. The number of pyridine rings is 1. The van der Waals surface area contributed by atoms with Crippen molar-refractivity contribution >= 4 is 0 Å². The summed E-state index contributed by atoms with van der Waals surface area (Å²) in [6.07, 6.45) is 3.66. The predicted octanol–water partition coefficient (Wildman–Crippen LogP) is 2.72. The summed E-state index contributed by atoms with van der Waals surface area (Å²) in [7, 11) is 1.68. The predicted molar refractivity (Wildman–Crippen MR) is 106 cm³/mol. The number of nitrogens with zero attached hydrogens (tertiary/aromatic N) is 2. The van der Waals surface area contributed by atoms with Gasteiger partial charge in [0.05, 0.1) is 18.4 Å². The topological polar surface area (TPSA) is 65.8 Å². The van der Waals surface area contributed by atoms with Crippen molar-refractivity contribution in [3.8, 4) is 11.3 Å². The molecular weight excluding hydrogens is 340 g/mol. The van der Waals surface area contributed by atoms with E-state index in [0.717, 1.165) is 37.2 Å². The average Bonchev–Trinajstić information content (AvgIpc) is 2.72. The molecule has 1 aliphatic heterocycles. The quantitative estimate of drug-likeness (QED) is 0.700. The molecule has 5 heteroatoms. The molecule has 0 saturated carbocycles. The van der Waals surface area contributed by atoms with Gasteiger partial charge in [-0.05, 0) is 37.0 Å². The lowest BCUT2D eigenvalue weighted by Gasteiger charge is -2.45. The van der Waals surface area contributed by atoms with E-state index in [9.17, 15) is 10.2 Å². The van der Waals surface area contributed by atoms with Crippen LogP contribution in [0.4, 0.5) is 0 Å². The Morgan fingerprint density at radius 2 is 2.04 bits per heavy atom. The van der Waals surface area contributed by atoms with Crippen LogP contribution in [0.1, 0.15) is 24.8 Å². The van der Waals surface area contributed by atoms with Gasteiger partial charge in [-0.3, -0.25) is 9.88 Å². The van der Waals surface area contributed by atoms with Crippen LogP contribution < -0.4 is 0 Å². The van der Waals surface area contributed by atoms with Crippen LogP contribution in [0.15, 0.2) is 48.7 Å². The van der Waals surface area contributed by atoms with Crippen molar-refractivity contribution < 1.29 is 14.9 Å². The molecule has 2 aromatic rings. The Morgan fingerprint density at radius 3 is 2.70 bits per heavy atom. The van der Waals surface area contributed by atoms with Gasteiger partial charge in [-0.25, -0.2) is 0 Å². The molecule has 2 heterocycles. The highest BCUT2D eigenvalue weighted by atomic mass is 16.5. The zero-order valence-corrected chi connectivity index (χ0v) is 16.1. The summed E-state index contributed by atoms with van der Waals surface area (Å²) in [5.74, 6) is 0. The molecule has 0 spiro atoms. The molecule has 1 aromatic carbocycles. The van der Waals surface area contributed by atoms with Crippen molar-refractivity contribution in [1.29, 1.82) is 0 Å². The number of rotatable bonds is 8. The minimum atomic E-state index is -0.456. The first-order valence-corrected chi connectivity index (χ1v) is 9.67. The number of hydrogen-bond acceptors (Lipinski definition) is 5. The highest BCUT2D eigenvalue weighted by Gasteiger charge is 2.41. The Kier molecular flexibility index (Phi) is 6.96. The zero-order chi connectivity index (χ0) is 19.1. The van der Waals surface area contributed by atoms with Crippen LogP contribution in [0.5, 0.6) is 0 Å². The first kappa shape index (κ1) is 20.0. The van der Waals surface area contributed by atoms with Gasteiger partial charge in [-0.2, -0.15) is 0 Å². The first-order chi connectivity index (χ1) is 13.2. The third-order valence-electron chi connectivity index (χ3n) is 5.62. The van der Waals surface area contributed by atoms with Gasteiger partial charge >= 0.3 is 0 Å². The fourth-order valence-corrected chi connectivity index (χ4v) is 4.00. The molecule has 5 nitrogen and oxygen atoms in total. The number of aliphatic hydroxyl groups excluding tert-OH is 2. The standard InChI is InChI=1S/C22H30N2O3/c1-27-14-4-11-22(17-25)16-24(13-10-21(22)26)15-18-6-8-19(9-7-18)20-5-2-3-12-23-20/h2-3,5-9,12,21,25-26H,4,10-11,13-17H2,1H3/t21-,22+/m1/s1. The lowest BCUT2D eigenvalue weighted by Crippen LogP contribution is -2.53. The van der Waals surface area contributed by atoms with Crippen molar-refractivity contribution in [3.05, 3.63) is 54.2 Å². The third kappa shape index (κ3) is 4.93. The van der Waals surface area contributed by atoms with E-state index in [1.165, 1.54) is 5.56 Å². The van der Waals surface area contributed by atoms with Gasteiger partial charge in [0.15, 0.2) is 0 Å². The Morgan fingerprint density at radius 1 is 1.22 bits per heavy atom. The van der Waals surface area contributed by atoms with Crippen molar-refractivity contribution in [2.45, 2.75) is 31.9 Å². The van der Waals surface area contributed by atoms with E-state index in [1.54, 1.807) is 13.3 Å². The number of likely N-dealkylation sites (tertiary alicyclic amines) is 1. The highest BCUT2D eigenvalue weighted by Crippen LogP contribution is 2.35. The van der Waals surface area contributed by atoms with Crippen LogP contribution in [-0.4, -0.2) is 59.6 Å². The second-order valence-corrected chi connectivity index (χ2v) is 7.54. The molecule has 2 atom stereocenters. The molecule has 0 bridgehead atoms. The van der Waals surface area contributed by atoms with Crippen LogP contribution >= 0.6 is 0 Å². The van der Waals surface area contributed by atoms with E-state index < -0.39 is 11.5 Å². The van der Waals surface area contributed by atoms with Crippen molar-refractivity contribution in [3.63, 3.8) is 0 Å². The highest BCUT2D eigenvalue weighted by molar-refractivity contribution is 5.58. The van der Waals surface area contributed by atoms with Crippen LogP contribution in [0.3, 0.4) is 0 Å². The Bertz CT molecular complexity index is 692. The van der Waals surface area contributed by atoms with Crippen LogP contribution in [-0.2, 0) is 11.3 Å². The molecule has 0 amide bonds.